The van der Waals surface area contributed by atoms with Crippen LogP contribution in [0.15, 0.2) is 0 Å². The van der Waals surface area contributed by atoms with E-state index < -0.39 is 35.2 Å². The van der Waals surface area contributed by atoms with Gasteiger partial charge < -0.3 is 5.73 Å². The van der Waals surface area contributed by atoms with Gasteiger partial charge >= 0.3 is 31.1 Å². The Hall–Kier alpha value is -0.640. The van der Waals surface area contributed by atoms with E-state index in [4.69, 9.17) is 5.73 Å². The number of nitrogens with one attached hydrogen (secondary N) is 1. The first-order valence-corrected chi connectivity index (χ1v) is 9.82. The molecule has 1 heterocycles. The maximum Gasteiger partial charge on any atom is 0.512 e. The summed E-state index contributed by atoms with van der Waals surface area (Å²) in [6.45, 7) is 6.85. The van der Waals surface area contributed by atoms with Crippen LogP contribution in [0, 0.1) is 5.92 Å². The largest absolute Gasteiger partial charge is 0.512 e. The molecule has 1 aliphatic rings. The van der Waals surface area contributed by atoms with Gasteiger partial charge in [0.2, 0.25) is 0 Å². The summed E-state index contributed by atoms with van der Waals surface area (Å²) >= 11 is 0. The van der Waals surface area contributed by atoms with E-state index in [-0.39, 0.29) is 0 Å². The number of alkyl halides is 6. The SMILES string of the molecule is CCC(N)N1CCC(C)C1.O=S(=O)(NS(=O)(=O)C(F)(F)F)C(F)(F)F. The second kappa shape index (κ2) is 8.37. The number of nitrogens with two attached hydrogens (primary N) is 1. The Balaban J connectivity index is 0.000000496. The van der Waals surface area contributed by atoms with Gasteiger partial charge in [-0.2, -0.15) is 26.3 Å². The number of nitrogens with zero attached hydrogens (tertiary/aromatic N) is 1. The zero-order chi connectivity index (χ0) is 20.3. The van der Waals surface area contributed by atoms with Crippen LogP contribution in [0.4, 0.5) is 26.3 Å². The molecule has 0 aliphatic carbocycles. The van der Waals surface area contributed by atoms with Gasteiger partial charge in [-0.3, -0.25) is 4.90 Å². The molecule has 0 aromatic rings. The number of halogens is 6. The standard InChI is InChI=1S/C8H18N2.C2HF6NO4S2/c1-3-8(9)10-5-4-7(2)6-10;3-1(4,5)14(10,11)9-15(12,13)2(6,7)8/h7-8H,3-6,9H2,1-2H3;9H. The number of hydrogen-bond donors (Lipinski definition) is 2. The third-order valence-corrected chi connectivity index (χ3v) is 6.15. The van der Waals surface area contributed by atoms with Crippen LogP contribution in [0.2, 0.25) is 0 Å². The van der Waals surface area contributed by atoms with E-state index in [9.17, 15) is 43.2 Å². The van der Waals surface area contributed by atoms with Crippen LogP contribution in [-0.2, 0) is 20.0 Å². The van der Waals surface area contributed by atoms with E-state index >= 15 is 0 Å². The highest BCUT2D eigenvalue weighted by Crippen LogP contribution is 2.27. The van der Waals surface area contributed by atoms with Gasteiger partial charge in [-0.1, -0.05) is 18.0 Å². The summed E-state index contributed by atoms with van der Waals surface area (Å²) in [6, 6.07) is 0. The minimum absolute atomic E-state index is 0.310. The first-order chi connectivity index (χ1) is 10.9. The number of likely N-dealkylation sites (tertiary alicyclic amines) is 1. The van der Waals surface area contributed by atoms with Gasteiger partial charge in [-0.15, -0.1) is 0 Å². The highest BCUT2D eigenvalue weighted by molar-refractivity contribution is 8.05. The van der Waals surface area contributed by atoms with Gasteiger partial charge in [0.25, 0.3) is 0 Å². The van der Waals surface area contributed by atoms with Crippen molar-refractivity contribution in [3.8, 4) is 0 Å². The van der Waals surface area contributed by atoms with Crippen molar-refractivity contribution in [2.24, 2.45) is 11.7 Å². The van der Waals surface area contributed by atoms with Gasteiger partial charge in [0, 0.05) is 6.54 Å². The molecular weight excluding hydrogens is 404 g/mol. The molecule has 0 radical (unpaired) electrons. The molecule has 0 saturated carbocycles. The van der Waals surface area contributed by atoms with Crippen molar-refractivity contribution in [2.45, 2.75) is 43.9 Å². The van der Waals surface area contributed by atoms with Crippen LogP contribution < -0.4 is 9.86 Å². The third-order valence-electron chi connectivity index (χ3n) is 3.17. The quantitative estimate of drug-likeness (QED) is 0.660. The smallest absolute Gasteiger partial charge is 0.316 e. The second-order valence-electron chi connectivity index (χ2n) is 5.35. The monoisotopic (exact) mass is 423 g/mol. The van der Waals surface area contributed by atoms with Crippen LogP contribution >= 0.6 is 0 Å². The van der Waals surface area contributed by atoms with Crippen molar-refractivity contribution in [1.82, 2.24) is 9.03 Å². The summed E-state index contributed by atoms with van der Waals surface area (Å²) in [5, 5.41) is 0. The molecular formula is C10H19F6N3O4S2. The van der Waals surface area contributed by atoms with E-state index in [1.807, 2.05) is 0 Å². The summed E-state index contributed by atoms with van der Waals surface area (Å²) in [7, 11) is -13.2. The van der Waals surface area contributed by atoms with Crippen LogP contribution in [0.5, 0.6) is 0 Å². The molecule has 3 N–H and O–H groups in total. The van der Waals surface area contributed by atoms with Crippen molar-refractivity contribution in [3.05, 3.63) is 0 Å². The van der Waals surface area contributed by atoms with Crippen LogP contribution in [0.3, 0.4) is 0 Å². The lowest BCUT2D eigenvalue weighted by Gasteiger charge is -2.22. The van der Waals surface area contributed by atoms with E-state index in [1.165, 1.54) is 19.5 Å². The predicted octanol–water partition coefficient (Wildman–Crippen LogP) is 1.30. The first kappa shape index (κ1) is 24.4. The zero-order valence-corrected chi connectivity index (χ0v) is 14.9. The predicted molar refractivity (Wildman–Crippen MR) is 76.7 cm³/mol. The van der Waals surface area contributed by atoms with Crippen molar-refractivity contribution in [2.75, 3.05) is 13.1 Å². The van der Waals surface area contributed by atoms with Crippen LogP contribution in [-0.4, -0.2) is 52.0 Å². The maximum absolute atomic E-state index is 11.5. The summed E-state index contributed by atoms with van der Waals surface area (Å²) in [6.07, 6.45) is 2.71. The van der Waals surface area contributed by atoms with Gasteiger partial charge in [0.1, 0.15) is 0 Å². The fourth-order valence-corrected chi connectivity index (χ4v) is 3.68. The van der Waals surface area contributed by atoms with Crippen molar-refractivity contribution in [3.63, 3.8) is 0 Å². The van der Waals surface area contributed by atoms with Gasteiger partial charge in [-0.25, -0.2) is 16.8 Å². The molecule has 0 spiro atoms. The Labute approximate surface area is 141 Å². The van der Waals surface area contributed by atoms with Gasteiger partial charge in [0.15, 0.2) is 0 Å². The Morgan fingerprint density at radius 2 is 1.48 bits per heavy atom. The number of sulfonamides is 2. The molecule has 2 atom stereocenters. The van der Waals surface area contributed by atoms with Gasteiger partial charge in [0.05, 0.1) is 6.17 Å². The van der Waals surface area contributed by atoms with Crippen molar-refractivity contribution in [1.29, 1.82) is 0 Å². The topological polar surface area (TPSA) is 110 Å². The average molecular weight is 423 g/mol. The Kier molecular flexibility index (Phi) is 8.15. The minimum atomic E-state index is -6.60. The molecule has 1 aliphatic heterocycles. The Bertz CT molecular complexity index is 590. The molecule has 7 nitrogen and oxygen atoms in total. The number of hydrogen-bond acceptors (Lipinski definition) is 6. The van der Waals surface area contributed by atoms with E-state index in [1.54, 1.807) is 0 Å². The Morgan fingerprint density at radius 1 is 1.08 bits per heavy atom. The third kappa shape index (κ3) is 7.24. The maximum atomic E-state index is 11.5. The molecule has 1 fully saturated rings. The fraction of sp³-hybridized carbons (Fsp3) is 1.00. The molecule has 1 rings (SSSR count). The van der Waals surface area contributed by atoms with E-state index in [0.29, 0.717) is 6.17 Å². The van der Waals surface area contributed by atoms with E-state index in [2.05, 4.69) is 18.7 Å². The normalized spacial score (nSPS) is 21.6. The molecule has 15 heteroatoms. The zero-order valence-electron chi connectivity index (χ0n) is 13.2. The van der Waals surface area contributed by atoms with Gasteiger partial charge in [-0.05, 0) is 25.3 Å². The summed E-state index contributed by atoms with van der Waals surface area (Å²) < 4.78 is 108. The molecule has 152 valence electrons. The molecule has 0 aromatic heterocycles. The molecule has 2 unspecified atom stereocenters. The highest BCUT2D eigenvalue weighted by Gasteiger charge is 2.55. The van der Waals surface area contributed by atoms with Crippen LogP contribution in [0.1, 0.15) is 26.7 Å². The molecule has 25 heavy (non-hydrogen) atoms. The lowest BCUT2D eigenvalue weighted by atomic mass is 10.2. The molecule has 1 saturated heterocycles. The first-order valence-electron chi connectivity index (χ1n) is 6.85. The summed E-state index contributed by atoms with van der Waals surface area (Å²) in [5.74, 6) is 0.859. The highest BCUT2D eigenvalue weighted by atomic mass is 32.3. The van der Waals surface area contributed by atoms with Crippen LogP contribution in [0.25, 0.3) is 0 Å². The average Bonchev–Trinajstić information content (AvgIpc) is 2.81. The minimum Gasteiger partial charge on any atom is -0.316 e. The van der Waals surface area contributed by atoms with Crippen molar-refractivity contribution >= 4 is 20.0 Å². The summed E-state index contributed by atoms with van der Waals surface area (Å²) in [4.78, 5) is 2.38. The lowest BCUT2D eigenvalue weighted by Crippen LogP contribution is -2.45. The lowest BCUT2D eigenvalue weighted by molar-refractivity contribution is -0.0476. The second-order valence-corrected chi connectivity index (χ2v) is 8.95. The summed E-state index contributed by atoms with van der Waals surface area (Å²) in [5.41, 5.74) is -6.43. The molecule has 0 aromatic carbocycles. The molecule has 0 amide bonds. The number of rotatable bonds is 4. The Morgan fingerprint density at radius 3 is 1.72 bits per heavy atom. The van der Waals surface area contributed by atoms with E-state index in [0.717, 1.165) is 12.3 Å². The fourth-order valence-electron chi connectivity index (χ4n) is 1.77. The van der Waals surface area contributed by atoms with Crippen molar-refractivity contribution < 1.29 is 43.2 Å². The molecule has 0 bridgehead atoms.